The molecule has 0 unspecified atom stereocenters. The van der Waals surface area contributed by atoms with Gasteiger partial charge < -0.3 is 15.0 Å². The predicted molar refractivity (Wildman–Crippen MR) is 125 cm³/mol. The zero-order valence-corrected chi connectivity index (χ0v) is 18.6. The Morgan fingerprint density at radius 1 is 1.13 bits per heavy atom. The van der Waals surface area contributed by atoms with Crippen molar-refractivity contribution >= 4 is 28.6 Å². The number of amides is 1. The minimum atomic E-state index is 0.0469. The average Bonchev–Trinajstić information content (AvgIpc) is 3.23. The summed E-state index contributed by atoms with van der Waals surface area (Å²) in [5.41, 5.74) is 6.97. The summed E-state index contributed by atoms with van der Waals surface area (Å²) in [6, 6.07) is 14.5. The van der Waals surface area contributed by atoms with E-state index in [1.807, 2.05) is 35.6 Å². The molecule has 30 heavy (non-hydrogen) atoms. The third-order valence-electron chi connectivity index (χ3n) is 5.75. The molecule has 2 aromatic carbocycles. The van der Waals surface area contributed by atoms with Crippen molar-refractivity contribution in [2.75, 3.05) is 23.9 Å². The van der Waals surface area contributed by atoms with Crippen LogP contribution in [0.2, 0.25) is 0 Å². The number of hydrogen-bond acceptors (Lipinski definition) is 4. The largest absolute Gasteiger partial charge is 0.497 e. The van der Waals surface area contributed by atoms with Crippen LogP contribution in [-0.4, -0.2) is 19.6 Å². The van der Waals surface area contributed by atoms with Crippen LogP contribution in [0.5, 0.6) is 5.75 Å². The highest BCUT2D eigenvalue weighted by molar-refractivity contribution is 7.10. The molecule has 0 saturated heterocycles. The van der Waals surface area contributed by atoms with Gasteiger partial charge in [0.15, 0.2) is 0 Å². The molecule has 0 aliphatic carbocycles. The van der Waals surface area contributed by atoms with E-state index in [1.54, 1.807) is 7.11 Å². The molecule has 0 bridgehead atoms. The van der Waals surface area contributed by atoms with Gasteiger partial charge in [-0.3, -0.25) is 4.79 Å². The second-order valence-corrected chi connectivity index (χ2v) is 8.89. The maximum Gasteiger partial charge on any atom is 0.224 e. The van der Waals surface area contributed by atoms with Crippen LogP contribution >= 0.6 is 11.3 Å². The molecule has 5 heteroatoms. The second-order valence-electron chi connectivity index (χ2n) is 7.89. The summed E-state index contributed by atoms with van der Waals surface area (Å²) in [6.07, 6.45) is 2.28. The first kappa shape index (κ1) is 20.5. The topological polar surface area (TPSA) is 41.6 Å². The average molecular weight is 421 g/mol. The van der Waals surface area contributed by atoms with Crippen molar-refractivity contribution in [3.8, 4) is 5.75 Å². The van der Waals surface area contributed by atoms with Gasteiger partial charge in [-0.2, -0.15) is 0 Å². The first-order valence-electron chi connectivity index (χ1n) is 10.4. The smallest absolute Gasteiger partial charge is 0.224 e. The molecule has 1 N–H and O–H groups in total. The van der Waals surface area contributed by atoms with Crippen molar-refractivity contribution in [1.29, 1.82) is 0 Å². The number of carbonyl (C=O) groups is 1. The van der Waals surface area contributed by atoms with Crippen molar-refractivity contribution in [2.24, 2.45) is 0 Å². The highest BCUT2D eigenvalue weighted by Crippen LogP contribution is 2.32. The number of ether oxygens (including phenoxy) is 1. The Morgan fingerprint density at radius 2 is 1.87 bits per heavy atom. The number of nitrogens with one attached hydrogen (secondary N) is 1. The second kappa shape index (κ2) is 8.92. The van der Waals surface area contributed by atoms with E-state index >= 15 is 0 Å². The summed E-state index contributed by atoms with van der Waals surface area (Å²) >= 11 is 1.86. The lowest BCUT2D eigenvalue weighted by molar-refractivity contribution is -0.116. The van der Waals surface area contributed by atoms with Gasteiger partial charge in [0.2, 0.25) is 5.91 Å². The van der Waals surface area contributed by atoms with Crippen LogP contribution in [0, 0.1) is 13.8 Å². The lowest BCUT2D eigenvalue weighted by atomic mass is 10.0. The summed E-state index contributed by atoms with van der Waals surface area (Å²) in [5, 5.41) is 5.32. The molecule has 0 spiro atoms. The lowest BCUT2D eigenvalue weighted by Crippen LogP contribution is -2.29. The Morgan fingerprint density at radius 3 is 2.57 bits per heavy atom. The summed E-state index contributed by atoms with van der Waals surface area (Å²) in [5.74, 6) is 0.879. The number of rotatable bonds is 6. The quantitative estimate of drug-likeness (QED) is 0.572. The van der Waals surface area contributed by atoms with E-state index in [1.165, 1.54) is 16.1 Å². The summed E-state index contributed by atoms with van der Waals surface area (Å²) in [6.45, 7) is 6.16. The standard InChI is InChI=1S/C25H28N2O2S/c1-17-14-21(27-12-10-23-20(16-27)11-13-30-23)15-18(2)25(17)26-24(28)9-6-19-4-7-22(29-3)8-5-19/h4-5,7-8,11,13-15H,6,9-10,12,16H2,1-3H3,(H,26,28). The molecule has 2 heterocycles. The number of hydrogen-bond donors (Lipinski definition) is 1. The van der Waals surface area contributed by atoms with Crippen LogP contribution in [0.4, 0.5) is 11.4 Å². The normalized spacial score (nSPS) is 13.1. The van der Waals surface area contributed by atoms with Crippen LogP contribution in [0.1, 0.15) is 33.6 Å². The van der Waals surface area contributed by atoms with Gasteiger partial charge in [0.05, 0.1) is 7.11 Å². The molecule has 0 saturated carbocycles. The van der Waals surface area contributed by atoms with Crippen LogP contribution < -0.4 is 15.0 Å². The number of aryl methyl sites for hydroxylation is 3. The highest BCUT2D eigenvalue weighted by atomic mass is 32.1. The van der Waals surface area contributed by atoms with Crippen molar-refractivity contribution < 1.29 is 9.53 Å². The summed E-state index contributed by atoms with van der Waals surface area (Å²) in [7, 11) is 1.66. The number of carbonyl (C=O) groups excluding carboxylic acids is 1. The molecular weight excluding hydrogens is 392 g/mol. The van der Waals surface area contributed by atoms with E-state index in [2.05, 4.69) is 47.6 Å². The Labute approximate surface area is 182 Å². The molecule has 1 aromatic heterocycles. The van der Waals surface area contributed by atoms with Gasteiger partial charge in [-0.15, -0.1) is 11.3 Å². The fraction of sp³-hybridized carbons (Fsp3) is 0.320. The summed E-state index contributed by atoms with van der Waals surface area (Å²) in [4.78, 5) is 16.5. The molecule has 1 amide bonds. The Kier molecular flexibility index (Phi) is 6.09. The third-order valence-corrected chi connectivity index (χ3v) is 6.78. The SMILES string of the molecule is COc1ccc(CCC(=O)Nc2c(C)cc(N3CCc4sccc4C3)cc2C)cc1. The molecule has 156 valence electrons. The fourth-order valence-corrected chi connectivity index (χ4v) is 4.93. The van der Waals surface area contributed by atoms with Crippen LogP contribution in [0.15, 0.2) is 47.8 Å². The van der Waals surface area contributed by atoms with Gasteiger partial charge in [0, 0.05) is 35.8 Å². The van der Waals surface area contributed by atoms with E-state index in [0.29, 0.717) is 12.8 Å². The fourth-order valence-electron chi connectivity index (χ4n) is 4.04. The predicted octanol–water partition coefficient (Wildman–Crippen LogP) is 5.51. The van der Waals surface area contributed by atoms with Gasteiger partial charge in [0.25, 0.3) is 0 Å². The zero-order chi connectivity index (χ0) is 21.1. The van der Waals surface area contributed by atoms with Gasteiger partial charge >= 0.3 is 0 Å². The first-order valence-corrected chi connectivity index (χ1v) is 11.3. The number of thiophene rings is 1. The minimum absolute atomic E-state index is 0.0469. The molecule has 1 aliphatic rings. The first-order chi connectivity index (χ1) is 14.5. The molecule has 0 atom stereocenters. The van der Waals surface area contributed by atoms with Gasteiger partial charge in [-0.25, -0.2) is 0 Å². The molecule has 3 aromatic rings. The van der Waals surface area contributed by atoms with E-state index in [0.717, 1.165) is 47.6 Å². The highest BCUT2D eigenvalue weighted by Gasteiger charge is 2.19. The van der Waals surface area contributed by atoms with Gasteiger partial charge in [-0.05, 0) is 84.7 Å². The van der Waals surface area contributed by atoms with E-state index < -0.39 is 0 Å². The number of nitrogens with zero attached hydrogens (tertiary/aromatic N) is 1. The van der Waals surface area contributed by atoms with Crippen molar-refractivity contribution in [3.05, 3.63) is 75.0 Å². The molecule has 4 nitrogen and oxygen atoms in total. The Balaban J connectivity index is 1.40. The monoisotopic (exact) mass is 420 g/mol. The van der Waals surface area contributed by atoms with Crippen molar-refractivity contribution in [3.63, 3.8) is 0 Å². The van der Waals surface area contributed by atoms with E-state index in [-0.39, 0.29) is 5.91 Å². The Hall–Kier alpha value is -2.79. The van der Waals surface area contributed by atoms with Gasteiger partial charge in [0.1, 0.15) is 5.75 Å². The van der Waals surface area contributed by atoms with Crippen molar-refractivity contribution in [2.45, 2.75) is 39.7 Å². The van der Waals surface area contributed by atoms with Crippen molar-refractivity contribution in [1.82, 2.24) is 0 Å². The maximum atomic E-state index is 12.6. The van der Waals surface area contributed by atoms with E-state index in [9.17, 15) is 4.79 Å². The number of anilines is 2. The Bertz CT molecular complexity index is 1020. The maximum absolute atomic E-state index is 12.6. The molecular formula is C25H28N2O2S. The third kappa shape index (κ3) is 4.51. The molecule has 0 radical (unpaired) electrons. The minimum Gasteiger partial charge on any atom is -0.497 e. The van der Waals surface area contributed by atoms with Crippen LogP contribution in [0.3, 0.4) is 0 Å². The molecule has 4 rings (SSSR count). The van der Waals surface area contributed by atoms with Gasteiger partial charge in [-0.1, -0.05) is 12.1 Å². The zero-order valence-electron chi connectivity index (χ0n) is 17.8. The molecule has 1 aliphatic heterocycles. The summed E-state index contributed by atoms with van der Waals surface area (Å²) < 4.78 is 5.18. The number of methoxy groups -OCH3 is 1. The number of fused-ring (bicyclic) bond motifs is 1. The van der Waals surface area contributed by atoms with E-state index in [4.69, 9.17) is 4.74 Å². The van der Waals surface area contributed by atoms with Crippen LogP contribution in [0.25, 0.3) is 0 Å². The van der Waals surface area contributed by atoms with Crippen LogP contribution in [-0.2, 0) is 24.2 Å². The molecule has 0 fully saturated rings. The lowest BCUT2D eigenvalue weighted by Gasteiger charge is -2.30. The number of benzene rings is 2.